The third-order valence-corrected chi connectivity index (χ3v) is 6.61. The highest BCUT2D eigenvalue weighted by Crippen LogP contribution is 2.25. The van der Waals surface area contributed by atoms with Crippen LogP contribution in [0.5, 0.6) is 0 Å². The fourth-order valence-electron chi connectivity index (χ4n) is 3.14. The summed E-state index contributed by atoms with van der Waals surface area (Å²) in [5.74, 6) is -1.08. The smallest absolute Gasteiger partial charge is 0.218 e. The van der Waals surface area contributed by atoms with Crippen LogP contribution in [0.1, 0.15) is 28.8 Å². The van der Waals surface area contributed by atoms with E-state index in [2.05, 4.69) is 0 Å². The highest BCUT2D eigenvalue weighted by atomic mass is 35.5. The van der Waals surface area contributed by atoms with E-state index in [1.807, 2.05) is 0 Å². The van der Waals surface area contributed by atoms with Crippen molar-refractivity contribution in [2.45, 2.75) is 18.6 Å². The van der Waals surface area contributed by atoms with Crippen molar-refractivity contribution in [1.82, 2.24) is 4.31 Å². The number of carbonyl (C=O) groups is 1. The molecule has 0 radical (unpaired) electrons. The third kappa shape index (κ3) is 4.50. The van der Waals surface area contributed by atoms with E-state index in [0.717, 1.165) is 0 Å². The van der Waals surface area contributed by atoms with Gasteiger partial charge in [-0.3, -0.25) is 4.79 Å². The molecule has 0 aromatic heterocycles. The van der Waals surface area contributed by atoms with E-state index in [1.54, 1.807) is 24.3 Å². The Hall–Kier alpha value is -1.76. The summed E-state index contributed by atoms with van der Waals surface area (Å²) < 4.78 is 39.9. The standard InChI is InChI=1S/C19H19ClFNO3S/c20-17-7-3-14(4-8-17)13-26(24,25)22-11-1-2-16(12-22)19(23)15-5-9-18(21)10-6-15/h3-10,16H,1-2,11-13H2. The van der Waals surface area contributed by atoms with E-state index in [1.165, 1.54) is 28.6 Å². The van der Waals surface area contributed by atoms with Crippen LogP contribution in [0.4, 0.5) is 4.39 Å². The van der Waals surface area contributed by atoms with Gasteiger partial charge in [0.2, 0.25) is 10.0 Å². The van der Waals surface area contributed by atoms with Gasteiger partial charge in [-0.1, -0.05) is 23.7 Å². The molecule has 1 fully saturated rings. The molecule has 0 bridgehead atoms. The van der Waals surface area contributed by atoms with E-state index < -0.39 is 21.8 Å². The molecule has 4 nitrogen and oxygen atoms in total. The number of piperidine rings is 1. The van der Waals surface area contributed by atoms with Gasteiger partial charge in [-0.15, -0.1) is 0 Å². The Kier molecular flexibility index (Phi) is 5.75. The summed E-state index contributed by atoms with van der Waals surface area (Å²) in [6.45, 7) is 0.565. The molecule has 1 aliphatic rings. The summed E-state index contributed by atoms with van der Waals surface area (Å²) in [6.07, 6.45) is 1.25. The molecule has 2 aromatic rings. The van der Waals surface area contributed by atoms with Gasteiger partial charge in [-0.2, -0.15) is 0 Å². The summed E-state index contributed by atoms with van der Waals surface area (Å²) in [7, 11) is -3.53. The number of nitrogens with zero attached hydrogens (tertiary/aromatic N) is 1. The maximum Gasteiger partial charge on any atom is 0.218 e. The van der Waals surface area contributed by atoms with Crippen LogP contribution in [-0.2, 0) is 15.8 Å². The van der Waals surface area contributed by atoms with Gasteiger partial charge in [-0.05, 0) is 54.8 Å². The minimum Gasteiger partial charge on any atom is -0.294 e. The van der Waals surface area contributed by atoms with Crippen LogP contribution in [0, 0.1) is 11.7 Å². The van der Waals surface area contributed by atoms with Gasteiger partial charge in [-0.25, -0.2) is 17.1 Å². The minimum absolute atomic E-state index is 0.123. The minimum atomic E-state index is -3.53. The number of rotatable bonds is 5. The third-order valence-electron chi connectivity index (χ3n) is 4.54. The number of hydrogen-bond donors (Lipinski definition) is 0. The van der Waals surface area contributed by atoms with Gasteiger partial charge < -0.3 is 0 Å². The van der Waals surface area contributed by atoms with Crippen molar-refractivity contribution in [1.29, 1.82) is 0 Å². The number of hydrogen-bond acceptors (Lipinski definition) is 3. The fraction of sp³-hybridized carbons (Fsp3) is 0.316. The zero-order valence-electron chi connectivity index (χ0n) is 14.1. The van der Waals surface area contributed by atoms with Crippen molar-refractivity contribution >= 4 is 27.4 Å². The molecule has 1 unspecified atom stereocenters. The molecule has 1 aliphatic heterocycles. The molecular weight excluding hydrogens is 377 g/mol. The normalized spacial score (nSPS) is 18.6. The van der Waals surface area contributed by atoms with Gasteiger partial charge in [0, 0.05) is 29.6 Å². The number of halogens is 2. The molecule has 1 atom stereocenters. The SMILES string of the molecule is O=C(c1ccc(F)cc1)C1CCCN(S(=O)(=O)Cc2ccc(Cl)cc2)C1. The summed E-state index contributed by atoms with van der Waals surface area (Å²) >= 11 is 5.83. The summed E-state index contributed by atoms with van der Waals surface area (Å²) in [5.41, 5.74) is 1.06. The summed E-state index contributed by atoms with van der Waals surface area (Å²) in [5, 5.41) is 0.550. The molecule has 0 spiro atoms. The predicted octanol–water partition coefficient (Wildman–Crippen LogP) is 3.90. The molecule has 3 rings (SSSR count). The van der Waals surface area contributed by atoms with Crippen molar-refractivity contribution in [3.63, 3.8) is 0 Å². The van der Waals surface area contributed by atoms with E-state index in [0.29, 0.717) is 35.5 Å². The quantitative estimate of drug-likeness (QED) is 0.721. The van der Waals surface area contributed by atoms with E-state index in [4.69, 9.17) is 11.6 Å². The van der Waals surface area contributed by atoms with Crippen molar-refractivity contribution in [2.75, 3.05) is 13.1 Å². The Bertz CT molecular complexity index is 882. The second-order valence-corrected chi connectivity index (χ2v) is 8.86. The first kappa shape index (κ1) is 19.0. The Labute approximate surface area is 157 Å². The lowest BCUT2D eigenvalue weighted by Crippen LogP contribution is -2.42. The van der Waals surface area contributed by atoms with Gasteiger partial charge in [0.1, 0.15) is 5.82 Å². The summed E-state index contributed by atoms with van der Waals surface area (Å²) in [4.78, 5) is 12.6. The molecule has 1 saturated heterocycles. The topological polar surface area (TPSA) is 54.5 Å². The molecule has 0 aliphatic carbocycles. The largest absolute Gasteiger partial charge is 0.294 e. The second kappa shape index (κ2) is 7.86. The highest BCUT2D eigenvalue weighted by molar-refractivity contribution is 7.88. The van der Waals surface area contributed by atoms with E-state index >= 15 is 0 Å². The van der Waals surface area contributed by atoms with Crippen LogP contribution in [0.3, 0.4) is 0 Å². The van der Waals surface area contributed by atoms with Crippen molar-refractivity contribution in [2.24, 2.45) is 5.92 Å². The van der Waals surface area contributed by atoms with Crippen LogP contribution in [-0.4, -0.2) is 31.6 Å². The van der Waals surface area contributed by atoms with Crippen LogP contribution in [0.25, 0.3) is 0 Å². The monoisotopic (exact) mass is 395 g/mol. The first-order chi connectivity index (χ1) is 12.3. The molecule has 0 saturated carbocycles. The zero-order chi connectivity index (χ0) is 18.7. The lowest BCUT2D eigenvalue weighted by Gasteiger charge is -2.31. The number of Topliss-reactive ketones (excluding diaryl/α,β-unsaturated/α-hetero) is 1. The van der Waals surface area contributed by atoms with Gasteiger partial charge in [0.15, 0.2) is 5.78 Å². The number of carbonyl (C=O) groups excluding carboxylic acids is 1. The van der Waals surface area contributed by atoms with Gasteiger partial charge in [0.05, 0.1) is 5.75 Å². The Balaban J connectivity index is 1.71. The molecule has 2 aromatic carbocycles. The zero-order valence-corrected chi connectivity index (χ0v) is 15.6. The Morgan fingerprint density at radius 3 is 2.42 bits per heavy atom. The average Bonchev–Trinajstić information content (AvgIpc) is 2.64. The number of ketones is 1. The summed E-state index contributed by atoms with van der Waals surface area (Å²) in [6, 6.07) is 12.1. The Morgan fingerprint density at radius 2 is 1.77 bits per heavy atom. The molecule has 138 valence electrons. The number of benzene rings is 2. The maximum absolute atomic E-state index is 13.0. The Morgan fingerprint density at radius 1 is 1.12 bits per heavy atom. The maximum atomic E-state index is 13.0. The van der Waals surface area contributed by atoms with Crippen LogP contribution < -0.4 is 0 Å². The lowest BCUT2D eigenvalue weighted by molar-refractivity contribution is 0.0872. The molecule has 1 heterocycles. The highest BCUT2D eigenvalue weighted by Gasteiger charge is 2.32. The van der Waals surface area contributed by atoms with E-state index in [-0.39, 0.29) is 18.1 Å². The van der Waals surface area contributed by atoms with Crippen LogP contribution in [0.2, 0.25) is 5.02 Å². The second-order valence-electron chi connectivity index (χ2n) is 6.45. The van der Waals surface area contributed by atoms with Crippen molar-refractivity contribution in [3.8, 4) is 0 Å². The molecular formula is C19H19ClFNO3S. The van der Waals surface area contributed by atoms with Crippen molar-refractivity contribution in [3.05, 3.63) is 70.5 Å². The molecule has 0 N–H and O–H groups in total. The van der Waals surface area contributed by atoms with Gasteiger partial charge in [0.25, 0.3) is 0 Å². The molecule has 0 amide bonds. The predicted molar refractivity (Wildman–Crippen MR) is 99.1 cm³/mol. The molecule has 7 heteroatoms. The average molecular weight is 396 g/mol. The van der Waals surface area contributed by atoms with E-state index in [9.17, 15) is 17.6 Å². The van der Waals surface area contributed by atoms with Crippen LogP contribution >= 0.6 is 11.6 Å². The van der Waals surface area contributed by atoms with Crippen LogP contribution in [0.15, 0.2) is 48.5 Å². The van der Waals surface area contributed by atoms with Crippen molar-refractivity contribution < 1.29 is 17.6 Å². The first-order valence-corrected chi connectivity index (χ1v) is 10.4. The first-order valence-electron chi connectivity index (χ1n) is 8.37. The fourth-order valence-corrected chi connectivity index (χ4v) is 4.88. The number of sulfonamides is 1. The van der Waals surface area contributed by atoms with Gasteiger partial charge >= 0.3 is 0 Å². The lowest BCUT2D eigenvalue weighted by atomic mass is 9.91. The molecule has 26 heavy (non-hydrogen) atoms.